The van der Waals surface area contributed by atoms with Gasteiger partial charge in [-0.15, -0.1) is 0 Å². The molecular weight excluding hydrogens is 184 g/mol. The molecule has 1 saturated carbocycles. The van der Waals surface area contributed by atoms with Crippen LogP contribution in [-0.4, -0.2) is 4.98 Å². The van der Waals surface area contributed by atoms with Gasteiger partial charge in [0.25, 0.3) is 0 Å². The van der Waals surface area contributed by atoms with Gasteiger partial charge in [-0.2, -0.15) is 0 Å². The molecule has 1 aliphatic carbocycles. The summed E-state index contributed by atoms with van der Waals surface area (Å²) >= 11 is 0. The predicted octanol–water partition coefficient (Wildman–Crippen LogP) is 2.84. The molecular formula is C13H20N2. The van der Waals surface area contributed by atoms with Gasteiger partial charge in [0.2, 0.25) is 0 Å². The molecule has 2 heteroatoms. The van der Waals surface area contributed by atoms with Crippen LogP contribution < -0.4 is 5.73 Å². The van der Waals surface area contributed by atoms with E-state index in [1.807, 2.05) is 12.3 Å². The lowest BCUT2D eigenvalue weighted by atomic mass is 9.66. The second-order valence-corrected chi connectivity index (χ2v) is 5.59. The predicted molar refractivity (Wildman–Crippen MR) is 62.4 cm³/mol. The van der Waals surface area contributed by atoms with Crippen LogP contribution in [0.25, 0.3) is 0 Å². The fourth-order valence-corrected chi connectivity index (χ4v) is 2.82. The topological polar surface area (TPSA) is 38.9 Å². The zero-order valence-corrected chi connectivity index (χ0v) is 9.66. The van der Waals surface area contributed by atoms with Gasteiger partial charge in [-0.05, 0) is 36.3 Å². The first-order valence-electron chi connectivity index (χ1n) is 5.71. The van der Waals surface area contributed by atoms with Crippen LogP contribution in [0.1, 0.15) is 45.1 Å². The molecule has 0 spiro atoms. The maximum atomic E-state index is 6.52. The molecule has 0 aromatic carbocycles. The molecule has 2 N–H and O–H groups in total. The minimum atomic E-state index is -0.157. The fraction of sp³-hybridized carbons (Fsp3) is 0.615. The maximum Gasteiger partial charge on any atom is 0.0430 e. The van der Waals surface area contributed by atoms with Crippen molar-refractivity contribution in [1.82, 2.24) is 4.98 Å². The Morgan fingerprint density at radius 3 is 2.73 bits per heavy atom. The van der Waals surface area contributed by atoms with Gasteiger partial charge in [0.1, 0.15) is 0 Å². The third kappa shape index (κ3) is 2.20. The normalized spacial score (nSPS) is 30.1. The van der Waals surface area contributed by atoms with E-state index in [-0.39, 0.29) is 5.54 Å². The van der Waals surface area contributed by atoms with E-state index in [9.17, 15) is 0 Å². The highest BCUT2D eigenvalue weighted by Gasteiger charge is 2.38. The average molecular weight is 204 g/mol. The van der Waals surface area contributed by atoms with Crippen LogP contribution in [0.2, 0.25) is 0 Å². The van der Waals surface area contributed by atoms with E-state index >= 15 is 0 Å². The lowest BCUT2D eigenvalue weighted by molar-refractivity contribution is 0.151. The van der Waals surface area contributed by atoms with Crippen molar-refractivity contribution in [2.75, 3.05) is 0 Å². The quantitative estimate of drug-likeness (QED) is 0.764. The highest BCUT2D eigenvalue weighted by atomic mass is 14.8. The van der Waals surface area contributed by atoms with Gasteiger partial charge in [0.15, 0.2) is 0 Å². The summed E-state index contributed by atoms with van der Waals surface area (Å²) in [7, 11) is 0. The number of aromatic nitrogens is 1. The Bertz CT molecular complexity index is 332. The molecule has 1 fully saturated rings. The zero-order chi connectivity index (χ0) is 10.9. The summed E-state index contributed by atoms with van der Waals surface area (Å²) in [5, 5.41) is 0. The van der Waals surface area contributed by atoms with Crippen molar-refractivity contribution in [3.8, 4) is 0 Å². The molecule has 1 aromatic heterocycles. The molecule has 0 aliphatic heterocycles. The molecule has 2 rings (SSSR count). The minimum absolute atomic E-state index is 0.157. The molecule has 82 valence electrons. The van der Waals surface area contributed by atoms with Crippen molar-refractivity contribution in [1.29, 1.82) is 0 Å². The van der Waals surface area contributed by atoms with Gasteiger partial charge < -0.3 is 5.73 Å². The Balaban J connectivity index is 2.27. The summed E-state index contributed by atoms with van der Waals surface area (Å²) in [5.74, 6) is 0. The van der Waals surface area contributed by atoms with Gasteiger partial charge in [-0.3, -0.25) is 4.98 Å². The average Bonchev–Trinajstić information content (AvgIpc) is 2.17. The molecule has 0 saturated heterocycles. The fourth-order valence-electron chi connectivity index (χ4n) is 2.82. The smallest absolute Gasteiger partial charge is 0.0430 e. The summed E-state index contributed by atoms with van der Waals surface area (Å²) in [6.45, 7) is 4.62. The largest absolute Gasteiger partial charge is 0.321 e. The first kappa shape index (κ1) is 10.6. The third-order valence-electron chi connectivity index (χ3n) is 3.51. The van der Waals surface area contributed by atoms with E-state index in [0.717, 1.165) is 12.8 Å². The van der Waals surface area contributed by atoms with E-state index in [1.54, 1.807) is 6.20 Å². The summed E-state index contributed by atoms with van der Waals surface area (Å²) < 4.78 is 0. The number of nitrogens with zero attached hydrogens (tertiary/aromatic N) is 1. The van der Waals surface area contributed by atoms with E-state index < -0.39 is 0 Å². The van der Waals surface area contributed by atoms with Crippen molar-refractivity contribution >= 4 is 0 Å². The summed E-state index contributed by atoms with van der Waals surface area (Å²) in [5.41, 5.74) is 7.92. The lowest BCUT2D eigenvalue weighted by Gasteiger charge is -2.42. The van der Waals surface area contributed by atoms with Crippen LogP contribution in [0.3, 0.4) is 0 Å². The molecule has 1 atom stereocenters. The van der Waals surface area contributed by atoms with Crippen LogP contribution in [0.4, 0.5) is 0 Å². The van der Waals surface area contributed by atoms with Crippen LogP contribution >= 0.6 is 0 Å². The van der Waals surface area contributed by atoms with Gasteiger partial charge >= 0.3 is 0 Å². The number of pyridine rings is 1. The Kier molecular flexibility index (Phi) is 2.55. The maximum absolute atomic E-state index is 6.52. The first-order chi connectivity index (χ1) is 7.02. The van der Waals surface area contributed by atoms with Gasteiger partial charge in [-0.25, -0.2) is 0 Å². The second-order valence-electron chi connectivity index (χ2n) is 5.59. The van der Waals surface area contributed by atoms with Crippen LogP contribution in [0.15, 0.2) is 24.5 Å². The molecule has 1 aliphatic rings. The molecule has 1 unspecified atom stereocenters. The third-order valence-corrected chi connectivity index (χ3v) is 3.51. The van der Waals surface area contributed by atoms with Crippen molar-refractivity contribution in [3.05, 3.63) is 30.1 Å². The van der Waals surface area contributed by atoms with Crippen LogP contribution in [0.5, 0.6) is 0 Å². The van der Waals surface area contributed by atoms with Crippen LogP contribution in [-0.2, 0) is 5.54 Å². The molecule has 2 nitrogen and oxygen atoms in total. The number of nitrogens with two attached hydrogens (primary N) is 1. The number of hydrogen-bond acceptors (Lipinski definition) is 2. The van der Waals surface area contributed by atoms with Crippen molar-refractivity contribution in [2.24, 2.45) is 11.1 Å². The van der Waals surface area contributed by atoms with Gasteiger partial charge in [0, 0.05) is 17.9 Å². The monoisotopic (exact) mass is 204 g/mol. The van der Waals surface area contributed by atoms with E-state index in [2.05, 4.69) is 24.9 Å². The van der Waals surface area contributed by atoms with E-state index in [1.165, 1.54) is 18.4 Å². The molecule has 15 heavy (non-hydrogen) atoms. The molecule has 1 heterocycles. The highest BCUT2D eigenvalue weighted by molar-refractivity contribution is 5.21. The lowest BCUT2D eigenvalue weighted by Crippen LogP contribution is -2.44. The molecule has 0 bridgehead atoms. The van der Waals surface area contributed by atoms with E-state index in [0.29, 0.717) is 5.41 Å². The van der Waals surface area contributed by atoms with Gasteiger partial charge in [-0.1, -0.05) is 26.3 Å². The Morgan fingerprint density at radius 2 is 2.13 bits per heavy atom. The summed E-state index contributed by atoms with van der Waals surface area (Å²) in [6.07, 6.45) is 8.38. The van der Waals surface area contributed by atoms with Crippen LogP contribution in [0, 0.1) is 5.41 Å². The Labute approximate surface area is 91.9 Å². The second kappa shape index (κ2) is 3.60. The summed E-state index contributed by atoms with van der Waals surface area (Å²) in [4.78, 5) is 4.17. The van der Waals surface area contributed by atoms with E-state index in [4.69, 9.17) is 5.73 Å². The van der Waals surface area contributed by atoms with Crippen molar-refractivity contribution < 1.29 is 0 Å². The number of rotatable bonds is 1. The zero-order valence-electron chi connectivity index (χ0n) is 9.66. The SMILES string of the molecule is CC1(C)CCCC(N)(c2cccnc2)C1. The Hall–Kier alpha value is -0.890. The molecule has 0 amide bonds. The first-order valence-corrected chi connectivity index (χ1v) is 5.71. The Morgan fingerprint density at radius 1 is 1.33 bits per heavy atom. The number of hydrogen-bond donors (Lipinski definition) is 1. The van der Waals surface area contributed by atoms with Crippen molar-refractivity contribution in [3.63, 3.8) is 0 Å². The molecule has 1 aromatic rings. The standard InChI is InChI=1S/C13H20N2/c1-12(2)6-4-7-13(14,10-12)11-5-3-8-15-9-11/h3,5,8-9H,4,6-7,10,14H2,1-2H3. The summed E-state index contributed by atoms with van der Waals surface area (Å²) in [6, 6.07) is 4.08. The minimum Gasteiger partial charge on any atom is -0.321 e. The van der Waals surface area contributed by atoms with Gasteiger partial charge in [0.05, 0.1) is 0 Å². The highest BCUT2D eigenvalue weighted by Crippen LogP contribution is 2.44. The van der Waals surface area contributed by atoms with Crippen molar-refractivity contribution in [2.45, 2.75) is 45.1 Å². The molecule has 0 radical (unpaired) electrons.